The lowest BCUT2D eigenvalue weighted by molar-refractivity contribution is -0.116. The predicted octanol–water partition coefficient (Wildman–Crippen LogP) is 1.14. The van der Waals surface area contributed by atoms with E-state index in [2.05, 4.69) is 18.5 Å². The molecule has 27 heavy (non-hydrogen) atoms. The number of aromatic nitrogens is 3. The van der Waals surface area contributed by atoms with Crippen LogP contribution in [0.2, 0.25) is 5.02 Å². The predicted molar refractivity (Wildman–Crippen MR) is 104 cm³/mol. The molecule has 0 spiro atoms. The number of allylic oxidation sites excluding steroid dienone is 2. The molecular formula is C18H19ClN4O4. The number of aryl methyl sites for hydroxylation is 1. The molecule has 8 nitrogen and oxygen atoms in total. The Morgan fingerprint density at radius 1 is 1.04 bits per heavy atom. The van der Waals surface area contributed by atoms with E-state index in [9.17, 15) is 19.2 Å². The Morgan fingerprint density at radius 3 is 2.04 bits per heavy atom. The first kappa shape index (κ1) is 20.2. The van der Waals surface area contributed by atoms with Crippen molar-refractivity contribution >= 4 is 23.2 Å². The summed E-state index contributed by atoms with van der Waals surface area (Å²) < 4.78 is 2.35. The first-order chi connectivity index (χ1) is 12.8. The number of halogens is 1. The molecule has 142 valence electrons. The van der Waals surface area contributed by atoms with Crippen LogP contribution in [-0.2, 0) is 24.4 Å². The zero-order chi connectivity index (χ0) is 20.1. The first-order valence-corrected chi connectivity index (χ1v) is 8.40. The molecule has 0 atom stereocenters. The number of amides is 1. The van der Waals surface area contributed by atoms with Crippen LogP contribution in [0.3, 0.4) is 0 Å². The maximum absolute atomic E-state index is 12.5. The molecule has 1 aromatic heterocycles. The molecule has 9 heteroatoms. The highest BCUT2D eigenvalue weighted by Gasteiger charge is 2.16. The fourth-order valence-corrected chi connectivity index (χ4v) is 2.58. The van der Waals surface area contributed by atoms with Gasteiger partial charge in [-0.25, -0.2) is 28.1 Å². The molecule has 0 aliphatic rings. The number of benzene rings is 1. The molecule has 0 unspecified atom stereocenters. The third-order valence-corrected chi connectivity index (χ3v) is 4.17. The van der Waals surface area contributed by atoms with Crippen molar-refractivity contribution in [1.29, 1.82) is 0 Å². The fourth-order valence-electron chi connectivity index (χ4n) is 2.40. The van der Waals surface area contributed by atoms with Gasteiger partial charge in [0.15, 0.2) is 0 Å². The topological polar surface area (TPSA) is 95.1 Å². The minimum Gasteiger partial charge on any atom is -0.324 e. The molecule has 0 aliphatic heterocycles. The third kappa shape index (κ3) is 4.35. The van der Waals surface area contributed by atoms with Gasteiger partial charge in [-0.3, -0.25) is 4.79 Å². The number of hydrogen-bond donors (Lipinski definition) is 1. The number of carbonyl (C=O) groups excluding carboxylic acids is 1. The van der Waals surface area contributed by atoms with E-state index in [1.807, 2.05) is 6.92 Å². The number of anilines is 1. The van der Waals surface area contributed by atoms with Gasteiger partial charge in [-0.1, -0.05) is 29.8 Å². The van der Waals surface area contributed by atoms with Crippen LogP contribution in [0, 0.1) is 6.92 Å². The minimum absolute atomic E-state index is 0.0930. The lowest BCUT2D eigenvalue weighted by Gasteiger charge is -2.12. The van der Waals surface area contributed by atoms with E-state index in [0.29, 0.717) is 15.3 Å². The third-order valence-electron chi connectivity index (χ3n) is 3.77. The Bertz CT molecular complexity index is 1030. The van der Waals surface area contributed by atoms with Crippen LogP contribution in [0.5, 0.6) is 0 Å². The molecule has 0 saturated heterocycles. The van der Waals surface area contributed by atoms with E-state index in [1.165, 1.54) is 12.2 Å². The van der Waals surface area contributed by atoms with E-state index < -0.39 is 29.5 Å². The van der Waals surface area contributed by atoms with E-state index in [0.717, 1.165) is 14.7 Å². The minimum atomic E-state index is -0.887. The molecule has 1 amide bonds. The largest absolute Gasteiger partial charge is 0.337 e. The molecule has 2 aromatic rings. The first-order valence-electron chi connectivity index (χ1n) is 8.02. The molecular weight excluding hydrogens is 372 g/mol. The van der Waals surface area contributed by atoms with Crippen molar-refractivity contribution in [2.75, 3.05) is 5.32 Å². The highest BCUT2D eigenvalue weighted by atomic mass is 35.5. The van der Waals surface area contributed by atoms with Gasteiger partial charge < -0.3 is 5.32 Å². The van der Waals surface area contributed by atoms with E-state index in [-0.39, 0.29) is 13.1 Å². The fraction of sp³-hybridized carbons (Fsp3) is 0.222. The molecule has 0 fully saturated rings. The molecule has 2 rings (SSSR count). The van der Waals surface area contributed by atoms with Crippen molar-refractivity contribution in [2.24, 2.45) is 0 Å². The van der Waals surface area contributed by atoms with Gasteiger partial charge in [0.2, 0.25) is 5.91 Å². The van der Waals surface area contributed by atoms with Gasteiger partial charge in [0.05, 0.1) is 13.1 Å². The maximum atomic E-state index is 12.5. The standard InChI is InChI=1S/C18H19ClN4O4/c1-4-8-21-16(25)22(9-5-2)18(27)23(17(21)26)11-15(24)20-13-7-6-12(3)14(19)10-13/h4-7,10H,1-2,8-9,11H2,3H3,(H,20,24). The van der Waals surface area contributed by atoms with Crippen LogP contribution in [0.15, 0.2) is 57.9 Å². The molecule has 0 bridgehead atoms. The van der Waals surface area contributed by atoms with Gasteiger partial charge in [0.1, 0.15) is 6.54 Å². The van der Waals surface area contributed by atoms with Gasteiger partial charge >= 0.3 is 17.1 Å². The lowest BCUT2D eigenvalue weighted by atomic mass is 10.2. The van der Waals surface area contributed by atoms with Crippen molar-refractivity contribution in [3.05, 3.63) is 85.5 Å². The smallest absolute Gasteiger partial charge is 0.324 e. The molecule has 1 aromatic carbocycles. The summed E-state index contributed by atoms with van der Waals surface area (Å²) >= 11 is 6.02. The number of nitrogens with zero attached hydrogens (tertiary/aromatic N) is 3. The molecule has 0 radical (unpaired) electrons. The van der Waals surface area contributed by atoms with Crippen LogP contribution in [0.1, 0.15) is 5.56 Å². The number of hydrogen-bond acceptors (Lipinski definition) is 4. The summed E-state index contributed by atoms with van der Waals surface area (Å²) in [4.78, 5) is 49.6. The second-order valence-corrected chi connectivity index (χ2v) is 6.15. The summed E-state index contributed by atoms with van der Waals surface area (Å²) in [5, 5.41) is 3.04. The zero-order valence-electron chi connectivity index (χ0n) is 14.8. The van der Waals surface area contributed by atoms with Gasteiger partial charge in [0, 0.05) is 10.7 Å². The Balaban J connectivity index is 2.43. The quantitative estimate of drug-likeness (QED) is 0.717. The van der Waals surface area contributed by atoms with Crippen LogP contribution < -0.4 is 22.4 Å². The Kier molecular flexibility index (Phi) is 6.36. The molecule has 1 heterocycles. The van der Waals surface area contributed by atoms with Crippen molar-refractivity contribution in [3.63, 3.8) is 0 Å². The van der Waals surface area contributed by atoms with Crippen LogP contribution in [0.4, 0.5) is 5.69 Å². The zero-order valence-corrected chi connectivity index (χ0v) is 15.5. The van der Waals surface area contributed by atoms with Crippen molar-refractivity contribution in [3.8, 4) is 0 Å². The van der Waals surface area contributed by atoms with E-state index in [4.69, 9.17) is 11.6 Å². The van der Waals surface area contributed by atoms with Crippen molar-refractivity contribution in [2.45, 2.75) is 26.6 Å². The van der Waals surface area contributed by atoms with Crippen LogP contribution >= 0.6 is 11.6 Å². The monoisotopic (exact) mass is 390 g/mol. The number of nitrogens with one attached hydrogen (secondary N) is 1. The second kappa shape index (κ2) is 8.50. The second-order valence-electron chi connectivity index (χ2n) is 5.74. The highest BCUT2D eigenvalue weighted by Crippen LogP contribution is 2.19. The molecule has 0 saturated carbocycles. The summed E-state index contributed by atoms with van der Waals surface area (Å²) in [6, 6.07) is 4.94. The molecule has 1 N–H and O–H groups in total. The van der Waals surface area contributed by atoms with Gasteiger partial charge in [-0.15, -0.1) is 13.2 Å². The van der Waals surface area contributed by atoms with Crippen LogP contribution in [-0.4, -0.2) is 19.6 Å². The Labute approximate surface area is 159 Å². The van der Waals surface area contributed by atoms with Crippen molar-refractivity contribution < 1.29 is 4.79 Å². The Hall–Kier alpha value is -3.13. The van der Waals surface area contributed by atoms with Crippen LogP contribution in [0.25, 0.3) is 0 Å². The lowest BCUT2D eigenvalue weighted by Crippen LogP contribution is -2.55. The van der Waals surface area contributed by atoms with Gasteiger partial charge in [0.25, 0.3) is 0 Å². The van der Waals surface area contributed by atoms with Crippen molar-refractivity contribution in [1.82, 2.24) is 13.7 Å². The van der Waals surface area contributed by atoms with Gasteiger partial charge in [-0.2, -0.15) is 0 Å². The van der Waals surface area contributed by atoms with E-state index in [1.54, 1.807) is 18.2 Å². The summed E-state index contributed by atoms with van der Waals surface area (Å²) in [7, 11) is 0. The average molecular weight is 391 g/mol. The highest BCUT2D eigenvalue weighted by molar-refractivity contribution is 6.31. The number of rotatable bonds is 7. The van der Waals surface area contributed by atoms with E-state index >= 15 is 0 Å². The van der Waals surface area contributed by atoms with Gasteiger partial charge in [-0.05, 0) is 24.6 Å². The summed E-state index contributed by atoms with van der Waals surface area (Å²) in [5.74, 6) is -0.608. The SMILES string of the molecule is C=CCn1c(=O)n(CC=C)c(=O)n(CC(=O)Nc2ccc(C)c(Cl)c2)c1=O. The summed E-state index contributed by atoms with van der Waals surface area (Å²) in [6.07, 6.45) is 2.70. The normalized spacial score (nSPS) is 10.4. The summed E-state index contributed by atoms with van der Waals surface area (Å²) in [5.41, 5.74) is -1.29. The maximum Gasteiger partial charge on any atom is 0.337 e. The molecule has 0 aliphatic carbocycles. The number of carbonyl (C=O) groups is 1. The Morgan fingerprint density at radius 2 is 1.56 bits per heavy atom. The average Bonchev–Trinajstić information content (AvgIpc) is 2.62. The summed E-state index contributed by atoms with van der Waals surface area (Å²) in [6.45, 7) is 8.06.